The second-order valence-corrected chi connectivity index (χ2v) is 5.19. The van der Waals surface area contributed by atoms with E-state index in [2.05, 4.69) is 4.98 Å². The normalized spacial score (nSPS) is 14.3. The van der Waals surface area contributed by atoms with Crippen LogP contribution in [0.15, 0.2) is 30.3 Å². The van der Waals surface area contributed by atoms with Crippen molar-refractivity contribution in [3.63, 3.8) is 0 Å². The molecule has 0 bridgehead atoms. The highest BCUT2D eigenvalue weighted by molar-refractivity contribution is 5.84. The molecule has 0 amide bonds. The van der Waals surface area contributed by atoms with Gasteiger partial charge >= 0.3 is 0 Å². The van der Waals surface area contributed by atoms with E-state index >= 15 is 0 Å². The summed E-state index contributed by atoms with van der Waals surface area (Å²) in [5.74, 6) is 0.759. The van der Waals surface area contributed by atoms with Crippen LogP contribution >= 0.6 is 0 Å². The summed E-state index contributed by atoms with van der Waals surface area (Å²) in [7, 11) is 0. The van der Waals surface area contributed by atoms with Gasteiger partial charge in [0.1, 0.15) is 11.3 Å². The fraction of sp³-hybridized carbons (Fsp3) is 0.400. The Labute approximate surface area is 113 Å². The number of para-hydroxylation sites is 1. The predicted molar refractivity (Wildman–Crippen MR) is 76.3 cm³/mol. The average molecular weight is 260 g/mol. The first-order chi connectivity index (χ1) is 9.02. The van der Waals surface area contributed by atoms with Crippen LogP contribution in [0, 0.1) is 6.92 Å². The number of aryl methyl sites for hydroxylation is 1. The Morgan fingerprint density at radius 1 is 1.32 bits per heavy atom. The van der Waals surface area contributed by atoms with Gasteiger partial charge in [0, 0.05) is 23.0 Å². The molecule has 0 aliphatic rings. The molecule has 3 N–H and O–H groups in total. The molecule has 0 aliphatic carbocycles. The van der Waals surface area contributed by atoms with Crippen LogP contribution in [0.5, 0.6) is 5.75 Å². The Kier molecular flexibility index (Phi) is 4.02. The molecule has 0 saturated heterocycles. The summed E-state index contributed by atoms with van der Waals surface area (Å²) in [6.07, 6.45) is 0.589. The van der Waals surface area contributed by atoms with Crippen LogP contribution in [0.1, 0.15) is 19.0 Å². The molecular weight excluding hydrogens is 240 g/mol. The minimum atomic E-state index is -0.603. The third-order valence-electron chi connectivity index (χ3n) is 3.11. The number of rotatable bonds is 5. The largest absolute Gasteiger partial charge is 0.491 e. The molecule has 1 heterocycles. The van der Waals surface area contributed by atoms with Gasteiger partial charge in [-0.1, -0.05) is 18.2 Å². The van der Waals surface area contributed by atoms with Gasteiger partial charge in [0.15, 0.2) is 0 Å². The Balaban J connectivity index is 2.14. The molecule has 1 aromatic carbocycles. The van der Waals surface area contributed by atoms with Crippen LogP contribution in [0.4, 0.5) is 0 Å². The average Bonchev–Trinajstić information content (AvgIpc) is 2.39. The number of ether oxygens (including phenoxy) is 1. The zero-order chi connectivity index (χ0) is 13.9. The topological polar surface area (TPSA) is 68.4 Å². The van der Waals surface area contributed by atoms with E-state index in [-0.39, 0.29) is 6.61 Å². The lowest BCUT2D eigenvalue weighted by molar-refractivity contribution is 0.175. The molecule has 0 saturated carbocycles. The first-order valence-electron chi connectivity index (χ1n) is 6.41. The Bertz CT molecular complexity index is 567. The predicted octanol–water partition coefficient (Wildman–Crippen LogP) is 2.02. The summed E-state index contributed by atoms with van der Waals surface area (Å²) in [5, 5.41) is 10.2. The van der Waals surface area contributed by atoms with Gasteiger partial charge in [-0.2, -0.15) is 0 Å². The number of hydrogen-bond donors (Lipinski definition) is 2. The number of pyridine rings is 1. The van der Waals surface area contributed by atoms with E-state index in [1.54, 1.807) is 0 Å². The Morgan fingerprint density at radius 2 is 2.11 bits per heavy atom. The van der Waals surface area contributed by atoms with E-state index in [1.807, 2.05) is 44.2 Å². The van der Waals surface area contributed by atoms with E-state index in [0.29, 0.717) is 13.0 Å². The van der Waals surface area contributed by atoms with Crippen molar-refractivity contribution < 1.29 is 9.84 Å². The number of aliphatic hydroxyl groups is 1. The number of nitrogens with zero attached hydrogens (tertiary/aromatic N) is 1. The van der Waals surface area contributed by atoms with Gasteiger partial charge in [0.05, 0.1) is 13.2 Å². The van der Waals surface area contributed by atoms with E-state index in [9.17, 15) is 0 Å². The van der Waals surface area contributed by atoms with Crippen molar-refractivity contribution in [2.24, 2.45) is 5.73 Å². The first kappa shape index (κ1) is 13.8. The molecule has 2 aromatic rings. The maximum atomic E-state index is 9.11. The highest BCUT2D eigenvalue weighted by atomic mass is 16.5. The molecular formula is C15H20N2O2. The van der Waals surface area contributed by atoms with Gasteiger partial charge in [-0.25, -0.2) is 4.98 Å². The monoisotopic (exact) mass is 260 g/mol. The lowest BCUT2D eigenvalue weighted by atomic mass is 10.0. The van der Waals surface area contributed by atoms with Gasteiger partial charge in [-0.15, -0.1) is 0 Å². The first-order valence-corrected chi connectivity index (χ1v) is 6.41. The molecule has 0 radical (unpaired) electrons. The fourth-order valence-corrected chi connectivity index (χ4v) is 1.81. The van der Waals surface area contributed by atoms with E-state index in [1.165, 1.54) is 0 Å². The maximum Gasteiger partial charge on any atom is 0.145 e. The van der Waals surface area contributed by atoms with E-state index < -0.39 is 5.54 Å². The molecule has 0 fully saturated rings. The number of aromatic nitrogens is 1. The van der Waals surface area contributed by atoms with Crippen molar-refractivity contribution in [3.05, 3.63) is 36.0 Å². The van der Waals surface area contributed by atoms with E-state index in [4.69, 9.17) is 15.6 Å². The Morgan fingerprint density at radius 3 is 2.84 bits per heavy atom. The van der Waals surface area contributed by atoms with Crippen molar-refractivity contribution in [2.75, 3.05) is 13.2 Å². The van der Waals surface area contributed by atoms with Crippen LogP contribution in [0.25, 0.3) is 10.9 Å². The molecule has 2 rings (SSSR count). The molecule has 19 heavy (non-hydrogen) atoms. The minimum absolute atomic E-state index is 0.0523. The Hall–Kier alpha value is -1.65. The minimum Gasteiger partial charge on any atom is -0.491 e. The van der Waals surface area contributed by atoms with Crippen LogP contribution in [0.3, 0.4) is 0 Å². The van der Waals surface area contributed by atoms with Crippen LogP contribution in [0.2, 0.25) is 0 Å². The molecule has 1 unspecified atom stereocenters. The van der Waals surface area contributed by atoms with Crippen molar-refractivity contribution in [2.45, 2.75) is 25.8 Å². The second-order valence-electron chi connectivity index (χ2n) is 5.19. The summed E-state index contributed by atoms with van der Waals surface area (Å²) in [6.45, 7) is 4.17. The van der Waals surface area contributed by atoms with Crippen molar-refractivity contribution in [1.82, 2.24) is 4.98 Å². The fourth-order valence-electron chi connectivity index (χ4n) is 1.81. The zero-order valence-corrected chi connectivity index (χ0v) is 11.4. The summed E-state index contributed by atoms with van der Waals surface area (Å²) in [4.78, 5) is 4.51. The van der Waals surface area contributed by atoms with Crippen LogP contribution in [-0.4, -0.2) is 28.8 Å². The van der Waals surface area contributed by atoms with Gasteiger partial charge < -0.3 is 15.6 Å². The number of fused-ring (bicyclic) bond motifs is 1. The summed E-state index contributed by atoms with van der Waals surface area (Å²) in [6, 6.07) is 9.87. The molecule has 4 heteroatoms. The molecule has 102 valence electrons. The number of nitrogens with two attached hydrogens (primary N) is 1. The summed E-state index contributed by atoms with van der Waals surface area (Å²) in [5.41, 5.74) is 7.09. The van der Waals surface area contributed by atoms with Crippen molar-refractivity contribution >= 4 is 10.9 Å². The SMILES string of the molecule is Cc1ccc2cccc(OCCC(C)(N)CO)c2n1. The third kappa shape index (κ3) is 3.43. The van der Waals surface area contributed by atoms with Crippen molar-refractivity contribution in [1.29, 1.82) is 0 Å². The van der Waals surface area contributed by atoms with Crippen molar-refractivity contribution in [3.8, 4) is 5.75 Å². The third-order valence-corrected chi connectivity index (χ3v) is 3.11. The van der Waals surface area contributed by atoms with Crippen LogP contribution in [-0.2, 0) is 0 Å². The maximum absolute atomic E-state index is 9.11. The zero-order valence-electron chi connectivity index (χ0n) is 11.4. The van der Waals surface area contributed by atoms with Gasteiger partial charge in [0.2, 0.25) is 0 Å². The highest BCUT2D eigenvalue weighted by Gasteiger charge is 2.17. The van der Waals surface area contributed by atoms with Gasteiger partial charge in [-0.3, -0.25) is 0 Å². The highest BCUT2D eigenvalue weighted by Crippen LogP contribution is 2.24. The quantitative estimate of drug-likeness (QED) is 0.863. The number of aliphatic hydroxyl groups excluding tert-OH is 1. The number of benzene rings is 1. The standard InChI is InChI=1S/C15H20N2O2/c1-11-6-7-12-4-3-5-13(14(12)17-11)19-9-8-15(2,16)10-18/h3-7,18H,8-10,16H2,1-2H3. The lowest BCUT2D eigenvalue weighted by Gasteiger charge is -2.21. The van der Waals surface area contributed by atoms with Gasteiger partial charge in [0.25, 0.3) is 0 Å². The smallest absolute Gasteiger partial charge is 0.145 e. The molecule has 0 spiro atoms. The number of hydrogen-bond acceptors (Lipinski definition) is 4. The molecule has 4 nitrogen and oxygen atoms in total. The molecule has 0 aliphatic heterocycles. The molecule has 1 atom stereocenters. The van der Waals surface area contributed by atoms with Crippen LogP contribution < -0.4 is 10.5 Å². The van der Waals surface area contributed by atoms with E-state index in [0.717, 1.165) is 22.3 Å². The molecule has 1 aromatic heterocycles. The second kappa shape index (κ2) is 5.55. The van der Waals surface area contributed by atoms with Gasteiger partial charge in [-0.05, 0) is 26.0 Å². The lowest BCUT2D eigenvalue weighted by Crippen LogP contribution is -2.41. The summed E-state index contributed by atoms with van der Waals surface area (Å²) < 4.78 is 5.76. The summed E-state index contributed by atoms with van der Waals surface area (Å²) >= 11 is 0.